The summed E-state index contributed by atoms with van der Waals surface area (Å²) in [4.78, 5) is 15.1. The Bertz CT molecular complexity index is 650. The molecule has 0 unspecified atom stereocenters. The first kappa shape index (κ1) is 14.0. The lowest BCUT2D eigenvalue weighted by atomic mass is 9.89. The highest BCUT2D eigenvalue weighted by atomic mass is 32.1. The molecule has 1 saturated carbocycles. The highest BCUT2D eigenvalue weighted by Crippen LogP contribution is 2.31. The molecule has 3 heterocycles. The second kappa shape index (κ2) is 5.85. The lowest BCUT2D eigenvalue weighted by Gasteiger charge is -2.43. The molecule has 22 heavy (non-hydrogen) atoms. The number of carbonyl (C=O) groups excluding carboxylic acids is 1. The molecule has 1 N–H and O–H groups in total. The van der Waals surface area contributed by atoms with Crippen LogP contribution in [0.5, 0.6) is 0 Å². The summed E-state index contributed by atoms with van der Waals surface area (Å²) in [5.74, 6) is 0.0788. The molecule has 5 nitrogen and oxygen atoms in total. The van der Waals surface area contributed by atoms with Gasteiger partial charge in [-0.1, -0.05) is 12.8 Å². The maximum Gasteiger partial charge on any atom is 0.258 e. The quantitative estimate of drug-likeness (QED) is 0.926. The van der Waals surface area contributed by atoms with E-state index in [0.717, 1.165) is 24.1 Å². The van der Waals surface area contributed by atoms with Crippen molar-refractivity contribution in [3.05, 3.63) is 28.6 Å². The maximum absolute atomic E-state index is 13.0. The van der Waals surface area contributed by atoms with Crippen LogP contribution >= 0.6 is 11.3 Å². The van der Waals surface area contributed by atoms with Crippen molar-refractivity contribution in [1.29, 1.82) is 0 Å². The van der Waals surface area contributed by atoms with Crippen molar-refractivity contribution < 1.29 is 9.53 Å². The fraction of sp³-hybridized carbons (Fsp3) is 0.500. The summed E-state index contributed by atoms with van der Waals surface area (Å²) in [7, 11) is 0. The molecule has 1 amide bonds. The molecular weight excluding hydrogens is 298 g/mol. The van der Waals surface area contributed by atoms with Gasteiger partial charge in [0, 0.05) is 17.5 Å². The Morgan fingerprint density at radius 2 is 2.32 bits per heavy atom. The zero-order valence-corrected chi connectivity index (χ0v) is 13.1. The highest BCUT2D eigenvalue weighted by Gasteiger charge is 2.37. The molecule has 116 valence electrons. The standard InChI is InChI=1S/C16H19N3O2S/c20-16(12-9-17-18-15(12)11-5-8-22-10-11)19-6-7-21-14-4-2-1-3-13(14)19/h5,8-10,13-14H,1-4,6-7H2,(H,17,18)/t13-,14+/m1/s1. The first-order chi connectivity index (χ1) is 10.8. The molecule has 0 bridgehead atoms. The zero-order chi connectivity index (χ0) is 14.9. The number of ether oxygens (including phenoxy) is 1. The number of nitrogens with zero attached hydrogens (tertiary/aromatic N) is 2. The summed E-state index contributed by atoms with van der Waals surface area (Å²) in [5.41, 5.74) is 2.52. The van der Waals surface area contributed by atoms with Crippen LogP contribution in [0.4, 0.5) is 0 Å². The van der Waals surface area contributed by atoms with Crippen molar-refractivity contribution in [2.75, 3.05) is 13.2 Å². The van der Waals surface area contributed by atoms with Crippen LogP contribution in [0.1, 0.15) is 36.0 Å². The topological polar surface area (TPSA) is 58.2 Å². The van der Waals surface area contributed by atoms with E-state index in [1.165, 1.54) is 12.8 Å². The molecular formula is C16H19N3O2S. The largest absolute Gasteiger partial charge is 0.374 e. The Morgan fingerprint density at radius 1 is 1.41 bits per heavy atom. The Morgan fingerprint density at radius 3 is 3.18 bits per heavy atom. The van der Waals surface area contributed by atoms with E-state index in [9.17, 15) is 4.79 Å². The summed E-state index contributed by atoms with van der Waals surface area (Å²) < 4.78 is 5.87. The van der Waals surface area contributed by atoms with Crippen molar-refractivity contribution in [2.45, 2.75) is 37.8 Å². The molecule has 0 aromatic carbocycles. The highest BCUT2D eigenvalue weighted by molar-refractivity contribution is 7.08. The SMILES string of the molecule is O=C(c1cn[nH]c1-c1ccsc1)N1CCO[C@H]2CCCC[C@H]21. The third-order valence-corrected chi connectivity index (χ3v) is 5.36. The Labute approximate surface area is 133 Å². The summed E-state index contributed by atoms with van der Waals surface area (Å²) in [6, 6.07) is 2.23. The van der Waals surface area contributed by atoms with Crippen LogP contribution < -0.4 is 0 Å². The molecule has 1 aliphatic heterocycles. The summed E-state index contributed by atoms with van der Waals surface area (Å²) in [5, 5.41) is 11.1. The molecule has 2 atom stereocenters. The number of carbonyl (C=O) groups is 1. The molecule has 1 saturated heterocycles. The third-order valence-electron chi connectivity index (χ3n) is 4.67. The van der Waals surface area contributed by atoms with Crippen LogP contribution in [-0.2, 0) is 4.74 Å². The minimum Gasteiger partial charge on any atom is -0.374 e. The molecule has 2 aromatic rings. The molecule has 1 aliphatic carbocycles. The molecule has 2 aliphatic rings. The van der Waals surface area contributed by atoms with E-state index in [1.807, 2.05) is 21.7 Å². The van der Waals surface area contributed by atoms with Crippen LogP contribution in [0.25, 0.3) is 11.3 Å². The van der Waals surface area contributed by atoms with E-state index in [0.29, 0.717) is 18.7 Å². The number of nitrogens with one attached hydrogen (secondary N) is 1. The molecule has 4 rings (SSSR count). The smallest absolute Gasteiger partial charge is 0.258 e. The van der Waals surface area contributed by atoms with Crippen molar-refractivity contribution in [3.63, 3.8) is 0 Å². The Hall–Kier alpha value is -1.66. The van der Waals surface area contributed by atoms with Crippen LogP contribution in [0.3, 0.4) is 0 Å². The van der Waals surface area contributed by atoms with E-state index >= 15 is 0 Å². The number of morpholine rings is 1. The van der Waals surface area contributed by atoms with Gasteiger partial charge in [-0.2, -0.15) is 16.4 Å². The van der Waals surface area contributed by atoms with Gasteiger partial charge in [0.1, 0.15) is 0 Å². The Balaban J connectivity index is 1.63. The predicted octanol–water partition coefficient (Wildman–Crippen LogP) is 2.92. The van der Waals surface area contributed by atoms with Gasteiger partial charge < -0.3 is 9.64 Å². The average molecular weight is 317 g/mol. The van der Waals surface area contributed by atoms with E-state index in [-0.39, 0.29) is 18.1 Å². The van der Waals surface area contributed by atoms with Crippen molar-refractivity contribution in [3.8, 4) is 11.3 Å². The second-order valence-electron chi connectivity index (χ2n) is 5.93. The average Bonchev–Trinajstić information content (AvgIpc) is 3.24. The molecule has 2 aromatic heterocycles. The van der Waals surface area contributed by atoms with Crippen LogP contribution in [0.15, 0.2) is 23.0 Å². The van der Waals surface area contributed by atoms with Gasteiger partial charge in [0.25, 0.3) is 5.91 Å². The van der Waals surface area contributed by atoms with E-state index in [1.54, 1.807) is 17.5 Å². The summed E-state index contributed by atoms with van der Waals surface area (Å²) in [6.07, 6.45) is 6.36. The number of thiophene rings is 1. The van der Waals surface area contributed by atoms with Gasteiger partial charge in [-0.3, -0.25) is 9.89 Å². The number of hydrogen-bond donors (Lipinski definition) is 1. The lowest BCUT2D eigenvalue weighted by Crippen LogP contribution is -2.54. The summed E-state index contributed by atoms with van der Waals surface area (Å²) >= 11 is 1.62. The summed E-state index contributed by atoms with van der Waals surface area (Å²) in [6.45, 7) is 1.31. The number of fused-ring (bicyclic) bond motifs is 1. The first-order valence-electron chi connectivity index (χ1n) is 7.83. The third kappa shape index (κ3) is 2.36. The molecule has 2 fully saturated rings. The van der Waals surface area contributed by atoms with Crippen molar-refractivity contribution in [1.82, 2.24) is 15.1 Å². The number of aromatic nitrogens is 2. The van der Waals surface area contributed by atoms with Crippen molar-refractivity contribution in [2.24, 2.45) is 0 Å². The lowest BCUT2D eigenvalue weighted by molar-refractivity contribution is -0.0752. The number of H-pyrrole nitrogens is 1. The minimum atomic E-state index is 0.0788. The van der Waals surface area contributed by atoms with Gasteiger partial charge in [0.05, 0.1) is 36.2 Å². The van der Waals surface area contributed by atoms with Gasteiger partial charge >= 0.3 is 0 Å². The van der Waals surface area contributed by atoms with Gasteiger partial charge in [0.15, 0.2) is 0 Å². The van der Waals surface area contributed by atoms with Crippen LogP contribution in [0, 0.1) is 0 Å². The monoisotopic (exact) mass is 317 g/mol. The first-order valence-corrected chi connectivity index (χ1v) is 8.77. The van der Waals surface area contributed by atoms with Gasteiger partial charge in [0.2, 0.25) is 0 Å². The fourth-order valence-electron chi connectivity index (χ4n) is 3.58. The number of rotatable bonds is 2. The zero-order valence-electron chi connectivity index (χ0n) is 12.3. The van der Waals surface area contributed by atoms with Gasteiger partial charge in [-0.25, -0.2) is 0 Å². The number of hydrogen-bond acceptors (Lipinski definition) is 4. The number of amides is 1. The molecule has 6 heteroatoms. The molecule has 0 radical (unpaired) electrons. The van der Waals surface area contributed by atoms with Gasteiger partial charge in [-0.05, 0) is 24.3 Å². The predicted molar refractivity (Wildman–Crippen MR) is 84.9 cm³/mol. The van der Waals surface area contributed by atoms with Crippen LogP contribution in [0.2, 0.25) is 0 Å². The second-order valence-corrected chi connectivity index (χ2v) is 6.71. The van der Waals surface area contributed by atoms with E-state index in [2.05, 4.69) is 10.2 Å². The van der Waals surface area contributed by atoms with Gasteiger partial charge in [-0.15, -0.1) is 0 Å². The number of aromatic amines is 1. The Kier molecular flexibility index (Phi) is 3.72. The van der Waals surface area contributed by atoms with E-state index in [4.69, 9.17) is 4.74 Å². The van der Waals surface area contributed by atoms with E-state index < -0.39 is 0 Å². The fourth-order valence-corrected chi connectivity index (χ4v) is 4.23. The van der Waals surface area contributed by atoms with Crippen LogP contribution in [-0.4, -0.2) is 46.3 Å². The normalized spacial score (nSPS) is 25.0. The maximum atomic E-state index is 13.0. The van der Waals surface area contributed by atoms with Crippen molar-refractivity contribution >= 4 is 17.2 Å². The molecule has 0 spiro atoms. The minimum absolute atomic E-state index is 0.0788.